The smallest absolute Gasteiger partial charge is 0.124 e. The highest BCUT2D eigenvalue weighted by atomic mass is 79.9. The summed E-state index contributed by atoms with van der Waals surface area (Å²) in [6.07, 6.45) is 3.02. The van der Waals surface area contributed by atoms with E-state index in [1.807, 2.05) is 0 Å². The predicted molar refractivity (Wildman–Crippen MR) is 59.9 cm³/mol. The van der Waals surface area contributed by atoms with E-state index in [1.165, 1.54) is 17.4 Å². The van der Waals surface area contributed by atoms with Gasteiger partial charge in [0.05, 0.1) is 30.4 Å². The molecular formula is C8H12BrN5O. The van der Waals surface area contributed by atoms with Crippen LogP contribution in [0.1, 0.15) is 5.69 Å². The van der Waals surface area contributed by atoms with Crippen molar-refractivity contribution < 1.29 is 5.11 Å². The number of likely N-dealkylation sites (N-methyl/N-ethyl adjacent to an activating group) is 1. The fourth-order valence-corrected chi connectivity index (χ4v) is 1.19. The van der Waals surface area contributed by atoms with Gasteiger partial charge in [-0.15, -0.1) is 0 Å². The van der Waals surface area contributed by atoms with Gasteiger partial charge in [-0.25, -0.2) is 10.8 Å². The van der Waals surface area contributed by atoms with Gasteiger partial charge in [0, 0.05) is 7.05 Å². The van der Waals surface area contributed by atoms with Gasteiger partial charge in [0.15, 0.2) is 0 Å². The van der Waals surface area contributed by atoms with Crippen molar-refractivity contribution in [2.45, 2.75) is 0 Å². The highest BCUT2D eigenvalue weighted by molar-refractivity contribution is 9.10. The maximum atomic E-state index is 9.07. The van der Waals surface area contributed by atoms with Crippen LogP contribution in [0.25, 0.3) is 5.70 Å². The van der Waals surface area contributed by atoms with Crippen molar-refractivity contribution in [2.75, 3.05) is 13.7 Å². The van der Waals surface area contributed by atoms with Crippen molar-refractivity contribution in [3.63, 3.8) is 0 Å². The number of hydrogen-bond donors (Lipinski definition) is 3. The Labute approximate surface area is 95.7 Å². The maximum Gasteiger partial charge on any atom is 0.124 e. The number of nitrogens with zero attached hydrogens (tertiary/aromatic N) is 3. The molecule has 0 unspecified atom stereocenters. The van der Waals surface area contributed by atoms with E-state index in [1.54, 1.807) is 7.05 Å². The zero-order valence-electron chi connectivity index (χ0n) is 8.18. The summed E-state index contributed by atoms with van der Waals surface area (Å²) in [4.78, 5) is 8.02. The zero-order valence-corrected chi connectivity index (χ0v) is 9.77. The molecule has 0 aliphatic heterocycles. The topological polar surface area (TPSA) is 101 Å². The molecule has 7 heteroatoms. The summed E-state index contributed by atoms with van der Waals surface area (Å²) in [5.41, 5.74) is 6.96. The third-order valence-electron chi connectivity index (χ3n) is 1.78. The quantitative estimate of drug-likeness (QED) is 0.515. The standard InChI is InChI=1S/C8H12BrN5O/c1-14(11)6(4-15)8(10)5-2-13-7(9)3-12-5/h2-3,15H,4,10-11H2,1H3/b8-6-. The van der Waals surface area contributed by atoms with E-state index in [-0.39, 0.29) is 6.61 Å². The van der Waals surface area contributed by atoms with Crippen LogP contribution in [0.3, 0.4) is 0 Å². The monoisotopic (exact) mass is 273 g/mol. The Kier molecular flexibility index (Phi) is 4.01. The van der Waals surface area contributed by atoms with Crippen LogP contribution in [0.2, 0.25) is 0 Å². The number of aliphatic hydroxyl groups excluding tert-OH is 1. The average molecular weight is 274 g/mol. The molecule has 0 radical (unpaired) electrons. The summed E-state index contributed by atoms with van der Waals surface area (Å²) >= 11 is 3.16. The first kappa shape index (κ1) is 11.9. The molecule has 1 rings (SSSR count). The van der Waals surface area contributed by atoms with Gasteiger partial charge in [-0.2, -0.15) is 0 Å². The van der Waals surface area contributed by atoms with Crippen molar-refractivity contribution >= 4 is 21.6 Å². The number of aliphatic hydroxyl groups is 1. The molecule has 0 saturated carbocycles. The summed E-state index contributed by atoms with van der Waals surface area (Å²) in [5, 5.41) is 10.3. The molecule has 0 aromatic carbocycles. The lowest BCUT2D eigenvalue weighted by atomic mass is 10.2. The summed E-state index contributed by atoms with van der Waals surface area (Å²) < 4.78 is 0.616. The summed E-state index contributed by atoms with van der Waals surface area (Å²) in [6, 6.07) is 0. The Bertz CT molecular complexity index is 362. The SMILES string of the molecule is CN(N)/C(CO)=C(\N)c1cnc(Br)cn1. The van der Waals surface area contributed by atoms with Gasteiger partial charge >= 0.3 is 0 Å². The summed E-state index contributed by atoms with van der Waals surface area (Å²) in [6.45, 7) is -0.253. The molecule has 0 fully saturated rings. The third kappa shape index (κ3) is 2.88. The minimum atomic E-state index is -0.253. The second-order valence-corrected chi connectivity index (χ2v) is 3.67. The highest BCUT2D eigenvalue weighted by Gasteiger charge is 2.09. The van der Waals surface area contributed by atoms with Gasteiger partial charge in [0.2, 0.25) is 0 Å². The van der Waals surface area contributed by atoms with Crippen molar-refractivity contribution in [1.29, 1.82) is 0 Å². The van der Waals surface area contributed by atoms with E-state index in [0.29, 0.717) is 21.7 Å². The molecule has 0 atom stereocenters. The molecule has 5 N–H and O–H groups in total. The minimum Gasteiger partial charge on any atom is -0.395 e. The highest BCUT2D eigenvalue weighted by Crippen LogP contribution is 2.12. The van der Waals surface area contributed by atoms with E-state index in [9.17, 15) is 0 Å². The average Bonchev–Trinajstić information content (AvgIpc) is 2.19. The Morgan fingerprint density at radius 2 is 2.20 bits per heavy atom. The fourth-order valence-electron chi connectivity index (χ4n) is 0.986. The van der Waals surface area contributed by atoms with Crippen molar-refractivity contribution in [1.82, 2.24) is 15.0 Å². The Balaban J connectivity index is 3.10. The lowest BCUT2D eigenvalue weighted by Crippen LogP contribution is -2.29. The van der Waals surface area contributed by atoms with Crippen molar-refractivity contribution in [2.24, 2.45) is 11.6 Å². The lowest BCUT2D eigenvalue weighted by molar-refractivity contribution is 0.278. The second-order valence-electron chi connectivity index (χ2n) is 2.85. The molecule has 82 valence electrons. The van der Waals surface area contributed by atoms with Gasteiger partial charge in [0.1, 0.15) is 10.3 Å². The van der Waals surface area contributed by atoms with Crippen molar-refractivity contribution in [3.8, 4) is 0 Å². The maximum absolute atomic E-state index is 9.07. The van der Waals surface area contributed by atoms with Crippen molar-refractivity contribution in [3.05, 3.63) is 28.4 Å². The summed E-state index contributed by atoms with van der Waals surface area (Å²) in [7, 11) is 1.59. The van der Waals surface area contributed by atoms with E-state index in [2.05, 4.69) is 25.9 Å². The van der Waals surface area contributed by atoms with Crippen LogP contribution in [0, 0.1) is 0 Å². The second kappa shape index (κ2) is 5.06. The first-order valence-electron chi connectivity index (χ1n) is 4.12. The largest absolute Gasteiger partial charge is 0.395 e. The van der Waals surface area contributed by atoms with Crippen LogP contribution in [0.15, 0.2) is 22.7 Å². The van der Waals surface area contributed by atoms with Crippen LogP contribution in [0.5, 0.6) is 0 Å². The number of nitrogens with two attached hydrogens (primary N) is 2. The number of hydrogen-bond acceptors (Lipinski definition) is 6. The number of aromatic nitrogens is 2. The van der Waals surface area contributed by atoms with Crippen LogP contribution < -0.4 is 11.6 Å². The number of hydrazine groups is 1. The normalized spacial score (nSPS) is 12.3. The molecule has 0 bridgehead atoms. The molecule has 0 aliphatic carbocycles. The zero-order chi connectivity index (χ0) is 11.4. The van der Waals surface area contributed by atoms with E-state index in [4.69, 9.17) is 16.7 Å². The molecule has 1 heterocycles. The van der Waals surface area contributed by atoms with Gasteiger partial charge < -0.3 is 15.8 Å². The van der Waals surface area contributed by atoms with Crippen LogP contribution >= 0.6 is 15.9 Å². The number of rotatable bonds is 3. The third-order valence-corrected chi connectivity index (χ3v) is 2.19. The Morgan fingerprint density at radius 3 is 2.60 bits per heavy atom. The van der Waals surface area contributed by atoms with E-state index >= 15 is 0 Å². The molecular weight excluding hydrogens is 262 g/mol. The molecule has 0 amide bonds. The van der Waals surface area contributed by atoms with E-state index < -0.39 is 0 Å². The number of halogens is 1. The van der Waals surface area contributed by atoms with Gasteiger partial charge in [-0.1, -0.05) is 0 Å². The fraction of sp³-hybridized carbons (Fsp3) is 0.250. The van der Waals surface area contributed by atoms with Gasteiger partial charge in [0.25, 0.3) is 0 Å². The predicted octanol–water partition coefficient (Wildman–Crippen LogP) is -0.336. The molecule has 6 nitrogen and oxygen atoms in total. The van der Waals surface area contributed by atoms with Crippen LogP contribution in [0.4, 0.5) is 0 Å². The van der Waals surface area contributed by atoms with E-state index in [0.717, 1.165) is 0 Å². The van der Waals surface area contributed by atoms with Crippen LogP contribution in [-0.2, 0) is 0 Å². The lowest BCUT2D eigenvalue weighted by Gasteiger charge is -2.17. The molecule has 0 saturated heterocycles. The molecule has 0 spiro atoms. The van der Waals surface area contributed by atoms with Gasteiger partial charge in [-0.05, 0) is 15.9 Å². The Hall–Kier alpha value is -1.18. The van der Waals surface area contributed by atoms with Crippen LogP contribution in [-0.4, -0.2) is 33.7 Å². The minimum absolute atomic E-state index is 0.253. The molecule has 0 aliphatic rings. The molecule has 1 aromatic heterocycles. The molecule has 1 aromatic rings. The summed E-state index contributed by atoms with van der Waals surface area (Å²) in [5.74, 6) is 5.49. The Morgan fingerprint density at radius 1 is 1.53 bits per heavy atom. The first-order valence-corrected chi connectivity index (χ1v) is 4.91. The van der Waals surface area contributed by atoms with Gasteiger partial charge in [-0.3, -0.25) is 4.98 Å². The molecule has 15 heavy (non-hydrogen) atoms. The first-order chi connectivity index (χ1) is 7.06.